The Balaban J connectivity index is 1.55. The maximum Gasteiger partial charge on any atom is 0.573 e. The lowest BCUT2D eigenvalue weighted by Crippen LogP contribution is -2.30. The third kappa shape index (κ3) is 5.13. The van der Waals surface area contributed by atoms with E-state index in [2.05, 4.69) is 25.4 Å². The number of fused-ring (bicyclic) bond motifs is 1. The van der Waals surface area contributed by atoms with Crippen molar-refractivity contribution < 1.29 is 26.3 Å². The lowest BCUT2D eigenvalue weighted by Gasteiger charge is -2.24. The molecule has 13 heteroatoms. The molecule has 190 valence electrons. The monoisotopic (exact) mass is 545 g/mol. The number of nitrogens with one attached hydrogen (secondary N) is 1. The van der Waals surface area contributed by atoms with Gasteiger partial charge in [-0.2, -0.15) is 0 Å². The molecule has 2 heterocycles. The van der Waals surface area contributed by atoms with Crippen LogP contribution in [0.3, 0.4) is 0 Å². The molecule has 1 N–H and O–H groups in total. The van der Waals surface area contributed by atoms with Crippen molar-refractivity contribution in [3.8, 4) is 17.1 Å². The number of tetrazole rings is 1. The number of aromatic nitrogens is 4. The highest BCUT2D eigenvalue weighted by Crippen LogP contribution is 2.41. The Morgan fingerprint density at radius 2 is 1.70 bits per heavy atom. The highest BCUT2D eigenvalue weighted by atomic mass is 32.2. The van der Waals surface area contributed by atoms with E-state index in [9.17, 15) is 21.6 Å². The Morgan fingerprint density at radius 3 is 2.32 bits per heavy atom. The van der Waals surface area contributed by atoms with E-state index in [4.69, 9.17) is 0 Å². The number of aryl methyl sites for hydroxylation is 1. The molecule has 5 aromatic rings. The van der Waals surface area contributed by atoms with E-state index in [-0.39, 0.29) is 17.2 Å². The second-order valence-corrected chi connectivity index (χ2v) is 10.9. The molecule has 3 aromatic carbocycles. The van der Waals surface area contributed by atoms with Gasteiger partial charge in [-0.05, 0) is 76.3 Å². The molecule has 0 amide bonds. The van der Waals surface area contributed by atoms with Gasteiger partial charge < -0.3 is 4.74 Å². The number of rotatable bonds is 7. The number of anilines is 1. The number of nitrogens with zero attached hydrogens (tertiary/aromatic N) is 4. The molecule has 0 atom stereocenters. The summed E-state index contributed by atoms with van der Waals surface area (Å²) in [5.74, 6) is 0.00325. The van der Waals surface area contributed by atoms with Crippen molar-refractivity contribution in [2.45, 2.75) is 24.7 Å². The van der Waals surface area contributed by atoms with Crippen molar-refractivity contribution in [1.82, 2.24) is 20.6 Å². The third-order valence-electron chi connectivity index (χ3n) is 5.59. The van der Waals surface area contributed by atoms with Crippen LogP contribution < -0.4 is 9.04 Å². The Bertz CT molecular complexity index is 1630. The lowest BCUT2D eigenvalue weighted by molar-refractivity contribution is -0.274. The number of aromatic amines is 1. The van der Waals surface area contributed by atoms with Gasteiger partial charge in [-0.15, -0.1) is 29.6 Å². The van der Waals surface area contributed by atoms with Gasteiger partial charge >= 0.3 is 6.36 Å². The largest absolute Gasteiger partial charge is 0.573 e. The average molecular weight is 546 g/mol. The van der Waals surface area contributed by atoms with Crippen LogP contribution in [0.25, 0.3) is 21.5 Å². The van der Waals surface area contributed by atoms with E-state index in [1.165, 1.54) is 39.9 Å². The minimum atomic E-state index is -4.82. The first kappa shape index (κ1) is 24.7. The molecule has 0 aliphatic carbocycles. The van der Waals surface area contributed by atoms with Gasteiger partial charge in [-0.25, -0.2) is 13.5 Å². The summed E-state index contributed by atoms with van der Waals surface area (Å²) in [5, 5.41) is 14.9. The van der Waals surface area contributed by atoms with Crippen LogP contribution in [0.5, 0.6) is 5.75 Å². The van der Waals surface area contributed by atoms with Gasteiger partial charge in [0.2, 0.25) is 0 Å². The van der Waals surface area contributed by atoms with Crippen molar-refractivity contribution >= 4 is 36.4 Å². The first-order valence-corrected chi connectivity index (χ1v) is 13.1. The van der Waals surface area contributed by atoms with E-state index >= 15 is 0 Å². The number of ether oxygens (including phenoxy) is 1. The summed E-state index contributed by atoms with van der Waals surface area (Å²) in [6, 6.07) is 18.8. The number of H-pyrrole nitrogens is 1. The van der Waals surface area contributed by atoms with Gasteiger partial charge in [0.1, 0.15) is 10.8 Å². The summed E-state index contributed by atoms with van der Waals surface area (Å²) in [5.41, 5.74) is 1.87. The Labute approximate surface area is 213 Å². The molecule has 0 saturated carbocycles. The van der Waals surface area contributed by atoms with Crippen molar-refractivity contribution in [3.05, 3.63) is 83.9 Å². The fourth-order valence-electron chi connectivity index (χ4n) is 3.82. The SMILES string of the molecule is Cc1c(N(Cc2ccc(OC(F)(F)F)cc2)S(=O)(=O)c2ccc(-c3nnn[nH]3)cc2)sc2ccccc12. The van der Waals surface area contributed by atoms with Crippen LogP contribution in [0, 0.1) is 6.92 Å². The number of halogens is 3. The van der Waals surface area contributed by atoms with E-state index in [1.807, 2.05) is 31.2 Å². The molecule has 2 aromatic heterocycles. The fraction of sp³-hybridized carbons (Fsp3) is 0.125. The fourth-order valence-corrected chi connectivity index (χ4v) is 6.75. The van der Waals surface area contributed by atoms with Crippen LogP contribution in [0.15, 0.2) is 77.7 Å². The van der Waals surface area contributed by atoms with Gasteiger partial charge in [0.05, 0.1) is 11.4 Å². The highest BCUT2D eigenvalue weighted by molar-refractivity contribution is 7.93. The topological polar surface area (TPSA) is 101 Å². The average Bonchev–Trinajstić information content (AvgIpc) is 3.52. The zero-order valence-corrected chi connectivity index (χ0v) is 20.7. The predicted molar refractivity (Wildman–Crippen MR) is 133 cm³/mol. The number of thiophene rings is 1. The molecule has 37 heavy (non-hydrogen) atoms. The lowest BCUT2D eigenvalue weighted by atomic mass is 10.2. The summed E-state index contributed by atoms with van der Waals surface area (Å²) < 4.78 is 71.7. The Hall–Kier alpha value is -3.97. The normalized spacial score (nSPS) is 12.1. The van der Waals surface area contributed by atoms with Crippen molar-refractivity contribution in [1.29, 1.82) is 0 Å². The first-order valence-electron chi connectivity index (χ1n) is 10.8. The Morgan fingerprint density at radius 1 is 1.00 bits per heavy atom. The highest BCUT2D eigenvalue weighted by Gasteiger charge is 2.32. The molecular formula is C24H18F3N5O3S2. The van der Waals surface area contributed by atoms with Crippen LogP contribution in [0.1, 0.15) is 11.1 Å². The minimum absolute atomic E-state index is 0.0394. The van der Waals surface area contributed by atoms with Gasteiger partial charge in [-0.1, -0.05) is 30.3 Å². The molecular weight excluding hydrogens is 527 g/mol. The van der Waals surface area contributed by atoms with E-state index < -0.39 is 16.4 Å². The van der Waals surface area contributed by atoms with Crippen LogP contribution in [0.4, 0.5) is 18.2 Å². The zero-order valence-electron chi connectivity index (χ0n) is 19.1. The summed E-state index contributed by atoms with van der Waals surface area (Å²) in [6.45, 7) is 1.74. The standard InChI is InChI=1S/C24H18F3N5O3S2/c1-15-20-4-2-3-5-21(20)36-23(15)32(14-16-6-10-18(11-7-16)35-24(25,26)27)37(33,34)19-12-8-17(9-13-19)22-28-30-31-29-22/h2-13H,14H2,1H3,(H,28,29,30,31). The molecule has 0 bridgehead atoms. The van der Waals surface area contributed by atoms with Gasteiger partial charge in [-0.3, -0.25) is 4.31 Å². The summed E-state index contributed by atoms with van der Waals surface area (Å²) in [4.78, 5) is 0.0394. The van der Waals surface area contributed by atoms with Gasteiger partial charge in [0.25, 0.3) is 10.0 Å². The van der Waals surface area contributed by atoms with E-state index in [1.54, 1.807) is 12.1 Å². The minimum Gasteiger partial charge on any atom is -0.406 e. The van der Waals surface area contributed by atoms with Crippen molar-refractivity contribution in [2.24, 2.45) is 0 Å². The predicted octanol–water partition coefficient (Wildman–Crippen LogP) is 5.68. The maximum absolute atomic E-state index is 13.9. The summed E-state index contributed by atoms with van der Waals surface area (Å²) >= 11 is 1.33. The molecule has 0 saturated heterocycles. The van der Waals surface area contributed by atoms with E-state index in [0.29, 0.717) is 22.0 Å². The van der Waals surface area contributed by atoms with Crippen LogP contribution in [-0.2, 0) is 16.6 Å². The van der Waals surface area contributed by atoms with Gasteiger partial charge in [0.15, 0.2) is 5.82 Å². The first-order chi connectivity index (χ1) is 17.6. The number of hydrogen-bond acceptors (Lipinski definition) is 7. The van der Waals surface area contributed by atoms with Crippen LogP contribution >= 0.6 is 11.3 Å². The second kappa shape index (κ2) is 9.48. The summed E-state index contributed by atoms with van der Waals surface area (Å²) in [7, 11) is -4.08. The molecule has 0 fully saturated rings. The molecule has 0 unspecified atom stereocenters. The molecule has 5 rings (SSSR count). The van der Waals surface area contributed by atoms with Crippen LogP contribution in [-0.4, -0.2) is 35.4 Å². The molecule has 0 spiro atoms. The molecule has 0 aliphatic heterocycles. The van der Waals surface area contributed by atoms with Gasteiger partial charge in [0, 0.05) is 10.3 Å². The van der Waals surface area contributed by atoms with E-state index in [0.717, 1.165) is 27.8 Å². The Kier molecular flexibility index (Phi) is 6.33. The zero-order chi connectivity index (χ0) is 26.2. The number of sulfonamides is 1. The molecule has 0 aliphatic rings. The molecule has 8 nitrogen and oxygen atoms in total. The smallest absolute Gasteiger partial charge is 0.406 e. The number of alkyl halides is 3. The van der Waals surface area contributed by atoms with Crippen LogP contribution in [0.2, 0.25) is 0 Å². The molecule has 0 radical (unpaired) electrons. The van der Waals surface area contributed by atoms with Crippen molar-refractivity contribution in [2.75, 3.05) is 4.31 Å². The number of benzene rings is 3. The summed E-state index contributed by atoms with van der Waals surface area (Å²) in [6.07, 6.45) is -4.82. The quantitative estimate of drug-likeness (QED) is 0.282. The number of hydrogen-bond donors (Lipinski definition) is 1. The van der Waals surface area contributed by atoms with Crippen molar-refractivity contribution in [3.63, 3.8) is 0 Å². The third-order valence-corrected chi connectivity index (χ3v) is 8.76. The second-order valence-electron chi connectivity index (χ2n) is 8.01. The maximum atomic E-state index is 13.9.